The van der Waals surface area contributed by atoms with Crippen LogP contribution < -0.4 is 4.18 Å². The van der Waals surface area contributed by atoms with Crippen molar-refractivity contribution < 1.29 is 4.18 Å². The fourth-order valence-electron chi connectivity index (χ4n) is 3.39. The van der Waals surface area contributed by atoms with Gasteiger partial charge in [0.05, 0.1) is 29.1 Å². The van der Waals surface area contributed by atoms with Gasteiger partial charge in [0.1, 0.15) is 11.6 Å². The molecule has 4 rings (SSSR count). The Morgan fingerprint density at radius 3 is 2.30 bits per heavy atom. The van der Waals surface area contributed by atoms with Crippen molar-refractivity contribution in [2.45, 2.75) is 26.7 Å². The molecule has 0 saturated carbocycles. The van der Waals surface area contributed by atoms with E-state index in [1.165, 1.54) is 12.0 Å². The minimum atomic E-state index is 0.300. The largest absolute Gasteiger partial charge is 0.426 e. The van der Waals surface area contributed by atoms with Crippen molar-refractivity contribution in [1.82, 2.24) is 15.0 Å². The molecular formula is C25H25N3OS. The first kappa shape index (κ1) is 20.2. The summed E-state index contributed by atoms with van der Waals surface area (Å²) in [5.74, 6) is 2.12. The van der Waals surface area contributed by atoms with Crippen LogP contribution in [0, 0.1) is 6.92 Å². The maximum Gasteiger partial charge on any atom is 0.137 e. The molecule has 0 saturated heterocycles. The molecule has 4 nitrogen and oxygen atoms in total. The second kappa shape index (κ2) is 8.76. The molecule has 0 bridgehead atoms. The monoisotopic (exact) mass is 415 g/mol. The number of aromatic amines is 1. The molecule has 0 amide bonds. The van der Waals surface area contributed by atoms with Gasteiger partial charge in [-0.15, -0.1) is 0 Å². The number of hydrogen-bond acceptors (Lipinski definition) is 4. The Morgan fingerprint density at radius 1 is 0.867 bits per heavy atom. The van der Waals surface area contributed by atoms with Gasteiger partial charge in [-0.2, -0.15) is 0 Å². The van der Waals surface area contributed by atoms with Crippen molar-refractivity contribution in [3.8, 4) is 39.5 Å². The highest BCUT2D eigenvalue weighted by atomic mass is 32.2. The predicted octanol–water partition coefficient (Wildman–Crippen LogP) is 6.89. The fourth-order valence-corrected chi connectivity index (χ4v) is 3.69. The number of aryl methyl sites for hydroxylation is 1. The van der Waals surface area contributed by atoms with E-state index in [0.717, 1.165) is 51.0 Å². The Hall–Kier alpha value is -3.05. The van der Waals surface area contributed by atoms with E-state index in [2.05, 4.69) is 55.2 Å². The van der Waals surface area contributed by atoms with Crippen LogP contribution in [0.15, 0.2) is 66.7 Å². The van der Waals surface area contributed by atoms with Crippen LogP contribution in [0.4, 0.5) is 0 Å². The molecule has 0 radical (unpaired) electrons. The predicted molar refractivity (Wildman–Crippen MR) is 126 cm³/mol. The number of H-pyrrole nitrogens is 1. The van der Waals surface area contributed by atoms with Crippen molar-refractivity contribution in [2.24, 2.45) is 0 Å². The minimum absolute atomic E-state index is 0.300. The summed E-state index contributed by atoms with van der Waals surface area (Å²) in [7, 11) is 0. The summed E-state index contributed by atoms with van der Waals surface area (Å²) in [6, 6.07) is 22.7. The van der Waals surface area contributed by atoms with Crippen molar-refractivity contribution in [1.29, 1.82) is 0 Å². The van der Waals surface area contributed by atoms with Gasteiger partial charge in [-0.1, -0.05) is 50.2 Å². The van der Waals surface area contributed by atoms with E-state index < -0.39 is 0 Å². The van der Waals surface area contributed by atoms with Crippen molar-refractivity contribution in [2.75, 3.05) is 6.26 Å². The number of imidazole rings is 1. The Bertz CT molecular complexity index is 1150. The second-order valence-electron chi connectivity index (χ2n) is 7.52. The first-order valence-electron chi connectivity index (χ1n) is 10.0. The zero-order valence-electron chi connectivity index (χ0n) is 17.6. The molecule has 0 aliphatic heterocycles. The molecule has 2 aromatic carbocycles. The number of benzene rings is 2. The van der Waals surface area contributed by atoms with Gasteiger partial charge in [0.25, 0.3) is 0 Å². The van der Waals surface area contributed by atoms with E-state index in [9.17, 15) is 0 Å². The summed E-state index contributed by atoms with van der Waals surface area (Å²) in [6.45, 7) is 6.29. The summed E-state index contributed by atoms with van der Waals surface area (Å²) in [5.41, 5.74) is 7.14. The smallest absolute Gasteiger partial charge is 0.137 e. The van der Waals surface area contributed by atoms with E-state index in [-0.39, 0.29) is 0 Å². The van der Waals surface area contributed by atoms with Crippen LogP contribution in [0.25, 0.3) is 33.8 Å². The van der Waals surface area contributed by atoms with Gasteiger partial charge in [0, 0.05) is 23.4 Å². The summed E-state index contributed by atoms with van der Waals surface area (Å²) in [4.78, 5) is 13.2. The number of hydrogen-bond donors (Lipinski definition) is 1. The third kappa shape index (κ3) is 4.26. The fraction of sp³-hybridized carbons (Fsp3) is 0.200. The van der Waals surface area contributed by atoms with E-state index in [0.29, 0.717) is 5.92 Å². The Labute approximate surface area is 182 Å². The zero-order valence-corrected chi connectivity index (χ0v) is 18.5. The van der Waals surface area contributed by atoms with E-state index >= 15 is 0 Å². The van der Waals surface area contributed by atoms with Crippen molar-refractivity contribution in [3.63, 3.8) is 0 Å². The molecular weight excluding hydrogens is 390 g/mol. The molecule has 4 aromatic rings. The average molecular weight is 416 g/mol. The third-order valence-corrected chi connectivity index (χ3v) is 5.28. The van der Waals surface area contributed by atoms with E-state index in [1.807, 2.05) is 43.5 Å². The standard InChI is InChI=1S/C25H25N3OS/c1-16(2)25-27-23(24(28-25)22-10-5-7-17(3)26-22)20-9-6-8-19(15-20)18-11-13-21(14-12-18)29-30-4/h5-16H,1-4H3,(H,27,28). The van der Waals surface area contributed by atoms with Crippen LogP contribution in [0.1, 0.15) is 31.3 Å². The molecule has 2 heterocycles. The van der Waals surface area contributed by atoms with Crippen molar-refractivity contribution in [3.05, 3.63) is 78.2 Å². The van der Waals surface area contributed by atoms with Crippen LogP contribution in [-0.4, -0.2) is 21.2 Å². The quantitative estimate of drug-likeness (QED) is 0.348. The molecule has 5 heteroatoms. The Balaban J connectivity index is 1.78. The third-order valence-electron chi connectivity index (χ3n) is 4.92. The number of rotatable bonds is 6. The molecule has 2 aromatic heterocycles. The molecule has 1 N–H and O–H groups in total. The molecule has 152 valence electrons. The molecule has 0 fully saturated rings. The van der Waals surface area contributed by atoms with Gasteiger partial charge in [0.15, 0.2) is 0 Å². The molecule has 0 spiro atoms. The molecule has 0 unspecified atom stereocenters. The lowest BCUT2D eigenvalue weighted by molar-refractivity contribution is 0.650. The highest BCUT2D eigenvalue weighted by molar-refractivity contribution is 7.94. The van der Waals surface area contributed by atoms with E-state index in [4.69, 9.17) is 14.2 Å². The van der Waals surface area contributed by atoms with Crippen LogP contribution in [0.3, 0.4) is 0 Å². The van der Waals surface area contributed by atoms with Gasteiger partial charge in [0.2, 0.25) is 0 Å². The number of nitrogens with one attached hydrogen (secondary N) is 1. The van der Waals surface area contributed by atoms with Crippen molar-refractivity contribution >= 4 is 12.0 Å². The number of pyridine rings is 1. The summed E-state index contributed by atoms with van der Waals surface area (Å²) >= 11 is 1.34. The second-order valence-corrected chi connectivity index (χ2v) is 8.02. The first-order chi connectivity index (χ1) is 14.5. The van der Waals surface area contributed by atoms with Crippen LogP contribution in [-0.2, 0) is 0 Å². The maximum absolute atomic E-state index is 5.48. The normalized spacial score (nSPS) is 11.1. The molecule has 0 atom stereocenters. The van der Waals surface area contributed by atoms with Gasteiger partial charge in [-0.25, -0.2) is 4.98 Å². The van der Waals surface area contributed by atoms with E-state index in [1.54, 1.807) is 0 Å². The Kier molecular flexibility index (Phi) is 5.91. The maximum atomic E-state index is 5.48. The lowest BCUT2D eigenvalue weighted by Gasteiger charge is -2.08. The van der Waals surface area contributed by atoms with Gasteiger partial charge >= 0.3 is 0 Å². The van der Waals surface area contributed by atoms with Crippen LogP contribution >= 0.6 is 12.0 Å². The Morgan fingerprint density at radius 2 is 1.60 bits per heavy atom. The topological polar surface area (TPSA) is 50.8 Å². The van der Waals surface area contributed by atoms with Crippen LogP contribution in [0.2, 0.25) is 0 Å². The molecule has 0 aliphatic carbocycles. The summed E-state index contributed by atoms with van der Waals surface area (Å²) < 4.78 is 5.48. The highest BCUT2D eigenvalue weighted by Crippen LogP contribution is 2.33. The lowest BCUT2D eigenvalue weighted by Crippen LogP contribution is -1.90. The molecule has 30 heavy (non-hydrogen) atoms. The van der Waals surface area contributed by atoms with Gasteiger partial charge in [-0.05, 0) is 48.4 Å². The number of aromatic nitrogens is 3. The summed E-state index contributed by atoms with van der Waals surface area (Å²) in [5, 5.41) is 0. The SMILES string of the molecule is CSOc1ccc(-c2cccc(-c3nc(C(C)C)[nH]c3-c3cccc(C)n3)c2)cc1. The van der Waals surface area contributed by atoms with Gasteiger partial charge < -0.3 is 9.17 Å². The minimum Gasteiger partial charge on any atom is -0.426 e. The molecule has 0 aliphatic rings. The van der Waals surface area contributed by atoms with Gasteiger partial charge in [-0.3, -0.25) is 4.98 Å². The average Bonchev–Trinajstić information content (AvgIpc) is 3.21. The lowest BCUT2D eigenvalue weighted by atomic mass is 10.0. The number of nitrogens with zero attached hydrogens (tertiary/aromatic N) is 2. The summed E-state index contributed by atoms with van der Waals surface area (Å²) in [6.07, 6.45) is 1.91. The highest BCUT2D eigenvalue weighted by Gasteiger charge is 2.17. The van der Waals surface area contributed by atoms with Crippen LogP contribution in [0.5, 0.6) is 5.75 Å². The first-order valence-corrected chi connectivity index (χ1v) is 11.2. The zero-order chi connectivity index (χ0) is 21.1.